The summed E-state index contributed by atoms with van der Waals surface area (Å²) in [6.45, 7) is 9.08. The summed E-state index contributed by atoms with van der Waals surface area (Å²) in [5.41, 5.74) is 3.05. The number of hydrogen-bond acceptors (Lipinski definition) is 2. The molecule has 0 aromatic carbocycles. The summed E-state index contributed by atoms with van der Waals surface area (Å²) < 4.78 is 3.06. The van der Waals surface area contributed by atoms with Crippen molar-refractivity contribution in [2.75, 3.05) is 0 Å². The lowest BCUT2D eigenvalue weighted by Crippen LogP contribution is -1.87. The number of fused-ring (bicyclic) bond motifs is 1. The fraction of sp³-hybridized carbons (Fsp3) is 0.500. The van der Waals surface area contributed by atoms with Crippen molar-refractivity contribution in [3.8, 4) is 0 Å². The maximum absolute atomic E-state index is 2.30. The first-order valence-electron chi connectivity index (χ1n) is 5.14. The van der Waals surface area contributed by atoms with Crippen LogP contribution in [0.5, 0.6) is 0 Å². The quantitative estimate of drug-likeness (QED) is 0.676. The largest absolute Gasteiger partial charge is 0.142 e. The van der Waals surface area contributed by atoms with E-state index in [1.165, 1.54) is 16.7 Å². The summed E-state index contributed by atoms with van der Waals surface area (Å²) in [4.78, 5) is 1.59. The van der Waals surface area contributed by atoms with E-state index in [4.69, 9.17) is 0 Å². The molecule has 2 aromatic heterocycles. The molecule has 2 aromatic rings. The van der Waals surface area contributed by atoms with E-state index in [1.807, 2.05) is 22.7 Å². The summed E-state index contributed by atoms with van der Waals surface area (Å²) in [7, 11) is 0. The minimum Gasteiger partial charge on any atom is -0.142 e. The van der Waals surface area contributed by atoms with E-state index in [0.29, 0.717) is 5.92 Å². The number of hydrogen-bond donors (Lipinski definition) is 0. The van der Waals surface area contributed by atoms with Crippen LogP contribution in [-0.4, -0.2) is 0 Å². The van der Waals surface area contributed by atoms with Gasteiger partial charge in [-0.25, -0.2) is 0 Å². The van der Waals surface area contributed by atoms with E-state index in [1.54, 1.807) is 15.1 Å². The average Bonchev–Trinajstić information content (AvgIpc) is 2.66. The van der Waals surface area contributed by atoms with Crippen LogP contribution < -0.4 is 0 Å². The maximum atomic E-state index is 2.30. The fourth-order valence-electron chi connectivity index (χ4n) is 1.85. The molecule has 0 aliphatic rings. The summed E-state index contributed by atoms with van der Waals surface area (Å²) >= 11 is 3.91. The molecule has 0 nitrogen and oxygen atoms in total. The lowest BCUT2D eigenvalue weighted by Gasteiger charge is -2.03. The van der Waals surface area contributed by atoms with Crippen LogP contribution in [0.4, 0.5) is 0 Å². The summed E-state index contributed by atoms with van der Waals surface area (Å²) in [5, 5.41) is 2.28. The Morgan fingerprint density at radius 2 is 2.00 bits per heavy atom. The van der Waals surface area contributed by atoms with Crippen molar-refractivity contribution in [2.24, 2.45) is 0 Å². The third kappa shape index (κ3) is 1.41. The molecule has 0 saturated carbocycles. The molecule has 0 spiro atoms. The van der Waals surface area contributed by atoms with Crippen LogP contribution >= 0.6 is 22.7 Å². The van der Waals surface area contributed by atoms with Gasteiger partial charge in [-0.05, 0) is 35.8 Å². The molecule has 0 fully saturated rings. The maximum Gasteiger partial charge on any atom is 0.0488 e. The molecule has 14 heavy (non-hydrogen) atoms. The highest BCUT2D eigenvalue weighted by Crippen LogP contribution is 2.41. The van der Waals surface area contributed by atoms with Gasteiger partial charge in [0.2, 0.25) is 0 Å². The van der Waals surface area contributed by atoms with Crippen molar-refractivity contribution in [1.82, 2.24) is 0 Å². The van der Waals surface area contributed by atoms with E-state index in [2.05, 4.69) is 33.1 Å². The zero-order valence-corrected chi connectivity index (χ0v) is 10.8. The Hall–Kier alpha value is -0.340. The molecule has 0 bridgehead atoms. The highest BCUT2D eigenvalue weighted by Gasteiger charge is 2.15. The van der Waals surface area contributed by atoms with Gasteiger partial charge in [0.25, 0.3) is 0 Å². The lowest BCUT2D eigenvalue weighted by atomic mass is 10.1. The van der Waals surface area contributed by atoms with E-state index >= 15 is 0 Å². The first kappa shape index (κ1) is 10.2. The molecule has 2 rings (SSSR count). The zero-order valence-electron chi connectivity index (χ0n) is 9.18. The van der Waals surface area contributed by atoms with Crippen molar-refractivity contribution >= 4 is 32.1 Å². The van der Waals surface area contributed by atoms with Gasteiger partial charge >= 0.3 is 0 Å². The molecule has 76 valence electrons. The molecular weight excluding hydrogens is 208 g/mol. The van der Waals surface area contributed by atoms with Gasteiger partial charge in [0.15, 0.2) is 0 Å². The summed E-state index contributed by atoms with van der Waals surface area (Å²) in [6.07, 6.45) is 1.17. The predicted octanol–water partition coefficient (Wildman–Crippen LogP) is 4.96. The number of rotatable bonds is 2. The molecule has 0 aliphatic carbocycles. The molecule has 0 atom stereocenters. The predicted molar refractivity (Wildman–Crippen MR) is 67.9 cm³/mol. The van der Waals surface area contributed by atoms with Crippen molar-refractivity contribution < 1.29 is 0 Å². The smallest absolute Gasteiger partial charge is 0.0488 e. The van der Waals surface area contributed by atoms with Crippen LogP contribution in [0.2, 0.25) is 0 Å². The van der Waals surface area contributed by atoms with Crippen LogP contribution in [-0.2, 0) is 6.42 Å². The van der Waals surface area contributed by atoms with Crippen LogP contribution in [0.25, 0.3) is 9.40 Å². The molecule has 0 radical (unpaired) electrons. The highest BCUT2D eigenvalue weighted by molar-refractivity contribution is 7.27. The second-order valence-corrected chi connectivity index (χ2v) is 5.96. The first-order chi connectivity index (χ1) is 6.65. The topological polar surface area (TPSA) is 0 Å². The van der Waals surface area contributed by atoms with E-state index in [9.17, 15) is 0 Å². The fourth-order valence-corrected chi connectivity index (χ4v) is 4.60. The molecule has 0 N–H and O–H groups in total. The van der Waals surface area contributed by atoms with Crippen molar-refractivity contribution in [3.05, 3.63) is 21.4 Å². The third-order valence-corrected chi connectivity index (χ3v) is 5.53. The molecule has 2 heteroatoms. The van der Waals surface area contributed by atoms with Gasteiger partial charge in [0.1, 0.15) is 0 Å². The van der Waals surface area contributed by atoms with Gasteiger partial charge in [-0.1, -0.05) is 20.8 Å². The first-order valence-corrected chi connectivity index (χ1v) is 6.84. The Bertz CT molecular complexity index is 446. The molecular formula is C12H16S2. The monoisotopic (exact) mass is 224 g/mol. The Kier molecular flexibility index (Phi) is 2.67. The van der Waals surface area contributed by atoms with Crippen LogP contribution in [0, 0.1) is 6.92 Å². The van der Waals surface area contributed by atoms with Gasteiger partial charge in [0, 0.05) is 14.3 Å². The molecule has 0 unspecified atom stereocenters. The summed E-state index contributed by atoms with van der Waals surface area (Å²) in [6, 6.07) is 0. The molecule has 0 aliphatic heterocycles. The SMILES string of the molecule is CCc1c(C(C)C)sc2c(C)csc12. The van der Waals surface area contributed by atoms with Gasteiger partial charge in [-0.3, -0.25) is 0 Å². The number of thiophene rings is 2. The highest BCUT2D eigenvalue weighted by atomic mass is 32.1. The second kappa shape index (κ2) is 3.67. The third-order valence-electron chi connectivity index (χ3n) is 2.58. The van der Waals surface area contributed by atoms with Crippen LogP contribution in [0.3, 0.4) is 0 Å². The van der Waals surface area contributed by atoms with E-state index in [-0.39, 0.29) is 0 Å². The normalized spacial score (nSPS) is 11.8. The second-order valence-electron chi connectivity index (χ2n) is 4.03. The van der Waals surface area contributed by atoms with Crippen molar-refractivity contribution in [3.63, 3.8) is 0 Å². The van der Waals surface area contributed by atoms with E-state index < -0.39 is 0 Å². The minimum atomic E-state index is 0.675. The standard InChI is InChI=1S/C12H16S2/c1-5-9-10(7(2)3)14-11-8(4)6-13-12(9)11/h6-7H,5H2,1-4H3. The van der Waals surface area contributed by atoms with Gasteiger partial charge in [-0.15, -0.1) is 22.7 Å². The molecule has 2 heterocycles. The molecule has 0 saturated heterocycles. The Morgan fingerprint density at radius 1 is 1.29 bits per heavy atom. The van der Waals surface area contributed by atoms with E-state index in [0.717, 1.165) is 0 Å². The lowest BCUT2D eigenvalue weighted by molar-refractivity contribution is 0.872. The van der Waals surface area contributed by atoms with Crippen LogP contribution in [0.15, 0.2) is 5.38 Å². The van der Waals surface area contributed by atoms with Gasteiger partial charge < -0.3 is 0 Å². The Morgan fingerprint density at radius 3 is 2.57 bits per heavy atom. The summed E-state index contributed by atoms with van der Waals surface area (Å²) in [5.74, 6) is 0.675. The minimum absolute atomic E-state index is 0.675. The van der Waals surface area contributed by atoms with Gasteiger partial charge in [0.05, 0.1) is 0 Å². The van der Waals surface area contributed by atoms with Crippen molar-refractivity contribution in [1.29, 1.82) is 0 Å². The average molecular weight is 224 g/mol. The Labute approximate surface area is 93.6 Å². The van der Waals surface area contributed by atoms with Gasteiger partial charge in [-0.2, -0.15) is 0 Å². The zero-order chi connectivity index (χ0) is 10.3. The van der Waals surface area contributed by atoms with Crippen molar-refractivity contribution in [2.45, 2.75) is 40.0 Å². The number of aryl methyl sites for hydroxylation is 2. The van der Waals surface area contributed by atoms with Crippen LogP contribution in [0.1, 0.15) is 42.7 Å². The Balaban J connectivity index is 2.72. The molecule has 0 amide bonds.